The molecule has 1 N–H and O–H groups in total. The predicted molar refractivity (Wildman–Crippen MR) is 134 cm³/mol. The Morgan fingerprint density at radius 3 is 2.19 bits per heavy atom. The summed E-state index contributed by atoms with van der Waals surface area (Å²) in [7, 11) is 0. The van der Waals surface area contributed by atoms with Crippen LogP contribution in [0.5, 0.6) is 0 Å². The van der Waals surface area contributed by atoms with Gasteiger partial charge in [0.1, 0.15) is 0 Å². The summed E-state index contributed by atoms with van der Waals surface area (Å²) in [6.45, 7) is 13.7. The third-order valence-electron chi connectivity index (χ3n) is 7.80. The first-order valence-electron chi connectivity index (χ1n) is 11.9. The van der Waals surface area contributed by atoms with Gasteiger partial charge in [0.15, 0.2) is 0 Å². The highest BCUT2D eigenvalue weighted by Gasteiger charge is 2.37. The van der Waals surface area contributed by atoms with Crippen molar-refractivity contribution in [3.8, 4) is 0 Å². The van der Waals surface area contributed by atoms with Crippen LogP contribution >= 0.6 is 0 Å². The largest absolute Gasteiger partial charge is 0.478 e. The highest BCUT2D eigenvalue weighted by Crippen LogP contribution is 2.48. The van der Waals surface area contributed by atoms with Crippen molar-refractivity contribution in [2.75, 3.05) is 0 Å². The third kappa shape index (κ3) is 4.20. The standard InChI is InChI=1S/C30H36O2/c1-19(16-28(31)32)21-7-9-22(10-8-21)23-11-12-24(17-23)25-18-27-26(15-20(25)2)29(3,4)13-14-30(27,5)6/h7-10,15-18,23H,11-14H2,1-6H3,(H,31,32)/b19-16-. The number of hydrogen-bond acceptors (Lipinski definition) is 1. The minimum Gasteiger partial charge on any atom is -0.478 e. The molecule has 0 radical (unpaired) electrons. The summed E-state index contributed by atoms with van der Waals surface area (Å²) in [6, 6.07) is 13.4. The summed E-state index contributed by atoms with van der Waals surface area (Å²) in [4.78, 5) is 10.9. The summed E-state index contributed by atoms with van der Waals surface area (Å²) < 4.78 is 0. The minimum absolute atomic E-state index is 0.225. The average Bonchev–Trinajstić information content (AvgIpc) is 3.21. The van der Waals surface area contributed by atoms with Gasteiger partial charge in [0.05, 0.1) is 0 Å². The maximum Gasteiger partial charge on any atom is 0.328 e. The molecule has 4 rings (SSSR count). The average molecular weight is 429 g/mol. The van der Waals surface area contributed by atoms with Crippen LogP contribution in [0.1, 0.15) is 99.6 Å². The van der Waals surface area contributed by atoms with Crippen LogP contribution in [0.25, 0.3) is 11.1 Å². The van der Waals surface area contributed by atoms with Crippen molar-refractivity contribution < 1.29 is 9.90 Å². The first kappa shape index (κ1) is 22.6. The smallest absolute Gasteiger partial charge is 0.328 e. The number of allylic oxidation sites excluding steroid dienone is 3. The van der Waals surface area contributed by atoms with E-state index in [1.165, 1.54) is 52.3 Å². The summed E-state index contributed by atoms with van der Waals surface area (Å²) >= 11 is 0. The fraction of sp³-hybridized carbons (Fsp3) is 0.433. The van der Waals surface area contributed by atoms with Gasteiger partial charge in [-0.25, -0.2) is 4.79 Å². The number of aryl methyl sites for hydroxylation is 1. The lowest BCUT2D eigenvalue weighted by molar-refractivity contribution is -0.131. The van der Waals surface area contributed by atoms with Crippen LogP contribution in [0.3, 0.4) is 0 Å². The number of carboxylic acids is 1. The lowest BCUT2D eigenvalue weighted by atomic mass is 9.62. The van der Waals surface area contributed by atoms with E-state index in [1.54, 1.807) is 0 Å². The number of benzene rings is 2. The van der Waals surface area contributed by atoms with Gasteiger partial charge >= 0.3 is 5.97 Å². The van der Waals surface area contributed by atoms with E-state index in [1.807, 2.05) is 19.1 Å². The van der Waals surface area contributed by atoms with E-state index in [0.29, 0.717) is 5.92 Å². The van der Waals surface area contributed by atoms with Gasteiger partial charge in [-0.2, -0.15) is 0 Å². The van der Waals surface area contributed by atoms with Gasteiger partial charge in [-0.1, -0.05) is 70.2 Å². The second-order valence-electron chi connectivity index (χ2n) is 11.1. The second-order valence-corrected chi connectivity index (χ2v) is 11.1. The summed E-state index contributed by atoms with van der Waals surface area (Å²) in [6.07, 6.45) is 8.44. The molecule has 0 aliphatic heterocycles. The molecule has 2 aliphatic rings. The Balaban J connectivity index is 1.65. The molecule has 2 aliphatic carbocycles. The molecule has 1 unspecified atom stereocenters. The Bertz CT molecular complexity index is 1110. The quantitative estimate of drug-likeness (QED) is 0.505. The second kappa shape index (κ2) is 8.06. The van der Waals surface area contributed by atoms with Crippen molar-refractivity contribution >= 4 is 17.1 Å². The third-order valence-corrected chi connectivity index (χ3v) is 7.80. The maximum absolute atomic E-state index is 10.9. The van der Waals surface area contributed by atoms with E-state index in [0.717, 1.165) is 24.0 Å². The molecule has 0 saturated heterocycles. The molecule has 2 aromatic carbocycles. The molecular weight excluding hydrogens is 392 g/mol. The molecule has 0 bridgehead atoms. The van der Waals surface area contributed by atoms with E-state index in [4.69, 9.17) is 5.11 Å². The Kier molecular flexibility index (Phi) is 5.69. The zero-order valence-electron chi connectivity index (χ0n) is 20.4. The van der Waals surface area contributed by atoms with Gasteiger partial charge in [-0.15, -0.1) is 0 Å². The van der Waals surface area contributed by atoms with Gasteiger partial charge in [0.2, 0.25) is 0 Å². The van der Waals surface area contributed by atoms with E-state index < -0.39 is 5.97 Å². The SMILES string of the molecule is C/C(=C/C(=O)O)c1ccc(C2C=C(c3cc4c(cc3C)C(C)(C)CCC4(C)C)CC2)cc1. The van der Waals surface area contributed by atoms with Gasteiger partial charge in [0.25, 0.3) is 0 Å². The van der Waals surface area contributed by atoms with E-state index in [9.17, 15) is 4.79 Å². The minimum atomic E-state index is -0.901. The van der Waals surface area contributed by atoms with Crippen molar-refractivity contribution in [1.29, 1.82) is 0 Å². The van der Waals surface area contributed by atoms with Crippen LogP contribution in [0.4, 0.5) is 0 Å². The van der Waals surface area contributed by atoms with E-state index >= 15 is 0 Å². The maximum atomic E-state index is 10.9. The van der Waals surface area contributed by atoms with Crippen LogP contribution in [0.2, 0.25) is 0 Å². The topological polar surface area (TPSA) is 37.3 Å². The number of aliphatic carboxylic acids is 1. The zero-order chi connectivity index (χ0) is 23.3. The van der Waals surface area contributed by atoms with Gasteiger partial charge in [0, 0.05) is 12.0 Å². The van der Waals surface area contributed by atoms with Gasteiger partial charge in [-0.3, -0.25) is 0 Å². The van der Waals surface area contributed by atoms with Crippen molar-refractivity contribution in [2.24, 2.45) is 0 Å². The molecule has 1 atom stereocenters. The highest BCUT2D eigenvalue weighted by atomic mass is 16.4. The lowest BCUT2D eigenvalue weighted by Gasteiger charge is -2.42. The molecule has 2 aromatic rings. The van der Waals surface area contributed by atoms with Crippen molar-refractivity contribution in [2.45, 2.75) is 84.0 Å². The monoisotopic (exact) mass is 428 g/mol. The fourth-order valence-electron chi connectivity index (χ4n) is 5.54. The van der Waals surface area contributed by atoms with Crippen molar-refractivity contribution in [1.82, 2.24) is 0 Å². The molecule has 168 valence electrons. The molecule has 0 spiro atoms. The number of rotatable bonds is 4. The van der Waals surface area contributed by atoms with Crippen LogP contribution in [0, 0.1) is 6.92 Å². The molecule has 0 heterocycles. The predicted octanol–water partition coefficient (Wildman–Crippen LogP) is 7.79. The normalized spacial score (nSPS) is 21.8. The van der Waals surface area contributed by atoms with Crippen molar-refractivity contribution in [3.05, 3.63) is 81.9 Å². The molecule has 2 heteroatoms. The van der Waals surface area contributed by atoms with Crippen LogP contribution in [0.15, 0.2) is 48.6 Å². The molecule has 0 fully saturated rings. The van der Waals surface area contributed by atoms with E-state index in [-0.39, 0.29) is 10.8 Å². The Morgan fingerprint density at radius 2 is 1.59 bits per heavy atom. The molecular formula is C30H36O2. The number of carbonyl (C=O) groups is 1. The molecule has 0 amide bonds. The van der Waals surface area contributed by atoms with Crippen molar-refractivity contribution in [3.63, 3.8) is 0 Å². The highest BCUT2D eigenvalue weighted by molar-refractivity contribution is 5.89. The first-order chi connectivity index (χ1) is 15.0. The molecule has 0 aromatic heterocycles. The Morgan fingerprint density at radius 1 is 1.00 bits per heavy atom. The zero-order valence-corrected chi connectivity index (χ0v) is 20.4. The lowest BCUT2D eigenvalue weighted by Crippen LogP contribution is -2.34. The molecule has 2 nitrogen and oxygen atoms in total. The van der Waals surface area contributed by atoms with Gasteiger partial charge in [-0.05, 0) is 94.9 Å². The summed E-state index contributed by atoms with van der Waals surface area (Å²) in [5.74, 6) is -0.482. The Hall–Kier alpha value is -2.61. The van der Waals surface area contributed by atoms with Crippen LogP contribution in [-0.4, -0.2) is 11.1 Å². The number of carboxylic acid groups (broad SMARTS) is 1. The molecule has 32 heavy (non-hydrogen) atoms. The summed E-state index contributed by atoms with van der Waals surface area (Å²) in [5, 5.41) is 8.98. The van der Waals surface area contributed by atoms with Gasteiger partial charge < -0.3 is 5.11 Å². The summed E-state index contributed by atoms with van der Waals surface area (Å²) in [5.41, 5.74) is 10.9. The first-order valence-corrected chi connectivity index (χ1v) is 11.9. The number of hydrogen-bond donors (Lipinski definition) is 1. The van der Waals surface area contributed by atoms with Crippen LogP contribution in [-0.2, 0) is 15.6 Å². The molecule has 0 saturated carbocycles. The fourth-order valence-corrected chi connectivity index (χ4v) is 5.54. The van der Waals surface area contributed by atoms with E-state index in [2.05, 4.69) is 65.0 Å². The van der Waals surface area contributed by atoms with Crippen LogP contribution < -0.4 is 0 Å². The Labute approximate surface area is 193 Å². The number of fused-ring (bicyclic) bond motifs is 1.